The van der Waals surface area contributed by atoms with Crippen molar-refractivity contribution in [3.63, 3.8) is 0 Å². The van der Waals surface area contributed by atoms with Crippen LogP contribution in [0.25, 0.3) is 16.7 Å². The summed E-state index contributed by atoms with van der Waals surface area (Å²) in [4.78, 5) is 18.8. The normalized spacial score (nSPS) is 13.4. The number of benzene rings is 1. The molecule has 2 aromatic heterocycles. The number of nitrogens with zero attached hydrogens (tertiary/aromatic N) is 3. The molecule has 25 heavy (non-hydrogen) atoms. The molecule has 0 saturated carbocycles. The largest absolute Gasteiger partial charge is 0.385 e. The van der Waals surface area contributed by atoms with Crippen LogP contribution in [0.3, 0.4) is 0 Å². The number of fused-ring (bicyclic) bond motifs is 1. The van der Waals surface area contributed by atoms with E-state index in [1.165, 1.54) is 29.9 Å². The fourth-order valence-electron chi connectivity index (χ4n) is 2.82. The van der Waals surface area contributed by atoms with Crippen molar-refractivity contribution in [1.29, 1.82) is 0 Å². The summed E-state index contributed by atoms with van der Waals surface area (Å²) < 4.78 is 28.6. The lowest BCUT2D eigenvalue weighted by Crippen LogP contribution is -2.12. The molecule has 3 rings (SSSR count). The molecule has 0 saturated heterocycles. The van der Waals surface area contributed by atoms with E-state index < -0.39 is 17.6 Å². The average molecular weight is 348 g/mol. The van der Waals surface area contributed by atoms with Gasteiger partial charge in [0, 0.05) is 18.7 Å². The third-order valence-electron chi connectivity index (χ3n) is 4.03. The van der Waals surface area contributed by atoms with E-state index in [9.17, 15) is 18.7 Å². The van der Waals surface area contributed by atoms with Gasteiger partial charge in [-0.25, -0.2) is 18.4 Å². The van der Waals surface area contributed by atoms with Crippen molar-refractivity contribution >= 4 is 11.0 Å². The van der Waals surface area contributed by atoms with Crippen LogP contribution < -0.4 is 5.56 Å². The maximum atomic E-state index is 13.6. The van der Waals surface area contributed by atoms with Gasteiger partial charge in [0.1, 0.15) is 17.3 Å². The summed E-state index contributed by atoms with van der Waals surface area (Å²) >= 11 is 0. The molecule has 0 unspecified atom stereocenters. The van der Waals surface area contributed by atoms with Gasteiger partial charge in [0.25, 0.3) is 11.5 Å². The number of nitrogens with one attached hydrogen (secondary N) is 1. The Kier molecular flexibility index (Phi) is 3.95. The highest BCUT2D eigenvalue weighted by Gasteiger charge is 2.26. The highest BCUT2D eigenvalue weighted by atomic mass is 19.3. The van der Waals surface area contributed by atoms with Gasteiger partial charge in [-0.05, 0) is 44.0 Å². The third kappa shape index (κ3) is 3.05. The predicted octanol–water partition coefficient (Wildman–Crippen LogP) is 2.89. The zero-order chi connectivity index (χ0) is 18.5. The third-order valence-corrected chi connectivity index (χ3v) is 4.03. The predicted molar refractivity (Wildman–Crippen MR) is 89.2 cm³/mol. The van der Waals surface area contributed by atoms with Crippen LogP contribution in [0.4, 0.5) is 8.78 Å². The monoisotopic (exact) mass is 348 g/mol. The minimum absolute atomic E-state index is 0.0738. The van der Waals surface area contributed by atoms with Crippen LogP contribution in [0.2, 0.25) is 0 Å². The van der Waals surface area contributed by atoms with E-state index in [-0.39, 0.29) is 22.4 Å². The summed E-state index contributed by atoms with van der Waals surface area (Å²) in [6, 6.07) is 2.82. The number of H-pyrrole nitrogens is 1. The number of aromatic nitrogens is 4. The number of hydrogen-bond acceptors (Lipinski definition) is 4. The van der Waals surface area contributed by atoms with Crippen LogP contribution in [0.5, 0.6) is 0 Å². The number of aliphatic hydroxyl groups excluding tert-OH is 1. The van der Waals surface area contributed by atoms with Crippen molar-refractivity contribution in [2.24, 2.45) is 0 Å². The fourth-order valence-corrected chi connectivity index (χ4v) is 2.82. The van der Waals surface area contributed by atoms with Gasteiger partial charge < -0.3 is 10.1 Å². The van der Waals surface area contributed by atoms with Gasteiger partial charge >= 0.3 is 0 Å². The fraction of sp³-hybridized carbons (Fsp3) is 0.353. The Labute approximate surface area is 142 Å². The molecule has 2 N–H and O–H groups in total. The second-order valence-electron chi connectivity index (χ2n) is 6.29. The van der Waals surface area contributed by atoms with Gasteiger partial charge in [0.2, 0.25) is 0 Å². The molecule has 0 aliphatic rings. The molecule has 8 heteroatoms. The molecular weight excluding hydrogens is 330 g/mol. The minimum Gasteiger partial charge on any atom is -0.385 e. The molecule has 3 aromatic rings. The van der Waals surface area contributed by atoms with Crippen LogP contribution in [0, 0.1) is 13.8 Å². The van der Waals surface area contributed by atoms with Crippen LogP contribution in [-0.2, 0) is 5.92 Å². The summed E-state index contributed by atoms with van der Waals surface area (Å²) in [5.74, 6) is -2.81. The smallest absolute Gasteiger partial charge is 0.270 e. The number of halogens is 2. The number of hydrogen-bond donors (Lipinski definition) is 2. The Morgan fingerprint density at radius 3 is 2.40 bits per heavy atom. The lowest BCUT2D eigenvalue weighted by atomic mass is 10.0. The van der Waals surface area contributed by atoms with Crippen molar-refractivity contribution in [2.75, 3.05) is 0 Å². The van der Waals surface area contributed by atoms with Crippen molar-refractivity contribution in [1.82, 2.24) is 19.7 Å². The lowest BCUT2D eigenvalue weighted by Gasteiger charge is -2.16. The van der Waals surface area contributed by atoms with E-state index in [1.54, 1.807) is 13.8 Å². The van der Waals surface area contributed by atoms with E-state index in [0.29, 0.717) is 16.8 Å². The van der Waals surface area contributed by atoms with Gasteiger partial charge in [-0.3, -0.25) is 4.79 Å². The Morgan fingerprint density at radius 1 is 1.28 bits per heavy atom. The van der Waals surface area contributed by atoms with Crippen LogP contribution in [-0.4, -0.2) is 24.9 Å². The van der Waals surface area contributed by atoms with E-state index >= 15 is 0 Å². The number of aliphatic hydroxyl groups is 1. The average Bonchev–Trinajstić information content (AvgIpc) is 2.89. The zero-order valence-corrected chi connectivity index (χ0v) is 14.3. The van der Waals surface area contributed by atoms with E-state index in [2.05, 4.69) is 15.1 Å². The first-order valence-corrected chi connectivity index (χ1v) is 7.75. The van der Waals surface area contributed by atoms with Crippen molar-refractivity contribution < 1.29 is 13.9 Å². The molecule has 0 amide bonds. The van der Waals surface area contributed by atoms with Crippen LogP contribution >= 0.6 is 0 Å². The van der Waals surface area contributed by atoms with E-state index in [4.69, 9.17) is 0 Å². The van der Waals surface area contributed by atoms with Gasteiger partial charge in [0.05, 0.1) is 5.69 Å². The topological polar surface area (TPSA) is 83.8 Å². The van der Waals surface area contributed by atoms with E-state index in [0.717, 1.165) is 6.92 Å². The first-order chi connectivity index (χ1) is 11.6. The Hall–Kier alpha value is -2.61. The number of alkyl halides is 2. The van der Waals surface area contributed by atoms with Gasteiger partial charge in [-0.2, -0.15) is 0 Å². The lowest BCUT2D eigenvalue weighted by molar-refractivity contribution is 0.0173. The van der Waals surface area contributed by atoms with Crippen molar-refractivity contribution in [3.8, 4) is 5.69 Å². The van der Waals surface area contributed by atoms with Gasteiger partial charge in [0.15, 0.2) is 5.65 Å². The zero-order valence-electron chi connectivity index (χ0n) is 14.3. The maximum absolute atomic E-state index is 13.6. The van der Waals surface area contributed by atoms with E-state index in [1.807, 2.05) is 0 Å². The second kappa shape index (κ2) is 5.73. The molecule has 0 bridgehead atoms. The van der Waals surface area contributed by atoms with Crippen molar-refractivity contribution in [2.45, 2.75) is 39.7 Å². The minimum atomic E-state index is -2.94. The molecule has 0 spiro atoms. The first-order valence-electron chi connectivity index (χ1n) is 7.75. The summed E-state index contributed by atoms with van der Waals surface area (Å²) in [5.41, 5.74) is 1.52. The molecule has 6 nitrogen and oxygen atoms in total. The molecule has 2 heterocycles. The summed E-state index contributed by atoms with van der Waals surface area (Å²) in [5, 5.41) is 14.1. The summed E-state index contributed by atoms with van der Waals surface area (Å²) in [6.45, 7) is 5.76. The Bertz CT molecular complexity index is 993. The number of aromatic amines is 1. The number of rotatable bonds is 3. The summed E-state index contributed by atoms with van der Waals surface area (Å²) in [6.07, 6.45) is 0.573. The second-order valence-corrected chi connectivity index (χ2v) is 6.29. The SMILES string of the molecule is Cc1cc(C(C)(F)F)cc(C)c1-n1cc2c(=O)[nH]c([C@@H](C)O)nc2n1. The van der Waals surface area contributed by atoms with Crippen LogP contribution in [0.15, 0.2) is 23.1 Å². The number of aryl methyl sites for hydroxylation is 2. The highest BCUT2D eigenvalue weighted by Crippen LogP contribution is 2.31. The molecule has 1 atom stereocenters. The molecule has 132 valence electrons. The molecular formula is C17H18F2N4O2. The van der Waals surface area contributed by atoms with Gasteiger partial charge in [-0.15, -0.1) is 5.10 Å². The van der Waals surface area contributed by atoms with Crippen LogP contribution in [0.1, 0.15) is 42.5 Å². The quantitative estimate of drug-likeness (QED) is 0.762. The Balaban J connectivity index is 2.20. The van der Waals surface area contributed by atoms with Crippen molar-refractivity contribution in [3.05, 3.63) is 51.2 Å². The molecule has 0 aliphatic heterocycles. The molecule has 0 fully saturated rings. The van der Waals surface area contributed by atoms with Gasteiger partial charge in [-0.1, -0.05) is 0 Å². The maximum Gasteiger partial charge on any atom is 0.270 e. The Morgan fingerprint density at radius 2 is 1.88 bits per heavy atom. The molecule has 1 aromatic carbocycles. The molecule has 0 radical (unpaired) electrons. The summed E-state index contributed by atoms with van der Waals surface area (Å²) in [7, 11) is 0. The first kappa shape index (κ1) is 17.2. The molecule has 0 aliphatic carbocycles. The standard InChI is InChI=1S/C17H18F2N4O2/c1-8-5-11(17(4,18)19)6-9(2)13(8)23-7-12-15(22-23)20-14(10(3)24)21-16(12)25/h5-7,10,24H,1-4H3,(H,20,21,22,25)/t10-/m1/s1. The highest BCUT2D eigenvalue weighted by molar-refractivity contribution is 5.73.